The largest absolute Gasteiger partial charge is 0.387 e. The summed E-state index contributed by atoms with van der Waals surface area (Å²) < 4.78 is 2.07. The molecule has 2 aromatic rings. The van der Waals surface area contributed by atoms with Gasteiger partial charge in [-0.3, -0.25) is 0 Å². The number of hydrogen-bond acceptors (Lipinski definition) is 3. The molecule has 1 unspecified atom stereocenters. The molecule has 0 radical (unpaired) electrons. The van der Waals surface area contributed by atoms with Gasteiger partial charge in [-0.25, -0.2) is 4.98 Å². The normalized spacial score (nSPS) is 12.9. The van der Waals surface area contributed by atoms with Crippen LogP contribution in [0.4, 0.5) is 0 Å². The average Bonchev–Trinajstić information content (AvgIpc) is 2.96. The molecule has 1 N–H and O–H groups in total. The highest BCUT2D eigenvalue weighted by atomic mass is 32.1. The van der Waals surface area contributed by atoms with Crippen LogP contribution in [0.1, 0.15) is 36.2 Å². The van der Waals surface area contributed by atoms with E-state index in [-0.39, 0.29) is 0 Å². The zero-order valence-corrected chi connectivity index (χ0v) is 11.1. The lowest BCUT2D eigenvalue weighted by atomic mass is 10.1. The average molecular weight is 250 g/mol. The Labute approximate surface area is 106 Å². The maximum Gasteiger partial charge on any atom is 0.111 e. The number of thiophene rings is 1. The van der Waals surface area contributed by atoms with E-state index in [0.29, 0.717) is 6.42 Å². The smallest absolute Gasteiger partial charge is 0.111 e. The SMILES string of the molecule is CCc1ccsc1C(O)Cc1nccn1CC. The summed E-state index contributed by atoms with van der Waals surface area (Å²) in [4.78, 5) is 5.38. The lowest BCUT2D eigenvalue weighted by Crippen LogP contribution is -2.08. The van der Waals surface area contributed by atoms with Gasteiger partial charge in [0.2, 0.25) is 0 Å². The Morgan fingerprint density at radius 2 is 2.29 bits per heavy atom. The van der Waals surface area contributed by atoms with Crippen molar-refractivity contribution in [1.29, 1.82) is 0 Å². The standard InChI is InChI=1S/C13H18N2OS/c1-3-10-5-8-17-13(10)11(16)9-12-14-6-7-15(12)4-2/h5-8,11,16H,3-4,9H2,1-2H3. The first kappa shape index (κ1) is 12.3. The van der Waals surface area contributed by atoms with E-state index in [2.05, 4.69) is 29.5 Å². The van der Waals surface area contributed by atoms with Crippen LogP contribution in [-0.4, -0.2) is 14.7 Å². The van der Waals surface area contributed by atoms with Gasteiger partial charge in [0.15, 0.2) is 0 Å². The summed E-state index contributed by atoms with van der Waals surface area (Å²) in [5, 5.41) is 12.3. The highest BCUT2D eigenvalue weighted by Crippen LogP contribution is 2.27. The molecule has 2 heterocycles. The van der Waals surface area contributed by atoms with Crippen LogP contribution in [0.15, 0.2) is 23.8 Å². The van der Waals surface area contributed by atoms with E-state index in [1.807, 2.05) is 11.6 Å². The summed E-state index contributed by atoms with van der Waals surface area (Å²) in [7, 11) is 0. The number of aromatic nitrogens is 2. The van der Waals surface area contributed by atoms with Crippen molar-refractivity contribution in [2.24, 2.45) is 0 Å². The molecule has 0 amide bonds. The van der Waals surface area contributed by atoms with Crippen molar-refractivity contribution in [2.75, 3.05) is 0 Å². The van der Waals surface area contributed by atoms with E-state index in [1.165, 1.54) is 5.56 Å². The van der Waals surface area contributed by atoms with E-state index in [1.54, 1.807) is 17.5 Å². The van der Waals surface area contributed by atoms with Gasteiger partial charge in [0.1, 0.15) is 5.82 Å². The zero-order chi connectivity index (χ0) is 12.3. The lowest BCUT2D eigenvalue weighted by Gasteiger charge is -2.11. The van der Waals surface area contributed by atoms with Crippen molar-refractivity contribution in [2.45, 2.75) is 39.3 Å². The van der Waals surface area contributed by atoms with E-state index in [0.717, 1.165) is 23.7 Å². The Bertz CT molecular complexity index is 475. The zero-order valence-electron chi connectivity index (χ0n) is 10.3. The number of aryl methyl sites for hydroxylation is 2. The van der Waals surface area contributed by atoms with Crippen LogP contribution in [0, 0.1) is 0 Å². The Balaban J connectivity index is 2.14. The molecule has 0 aliphatic carbocycles. The van der Waals surface area contributed by atoms with E-state index in [9.17, 15) is 5.11 Å². The fourth-order valence-corrected chi connectivity index (χ4v) is 3.00. The van der Waals surface area contributed by atoms with Gasteiger partial charge in [0.25, 0.3) is 0 Å². The summed E-state index contributed by atoms with van der Waals surface area (Å²) in [5.74, 6) is 0.954. The van der Waals surface area contributed by atoms with Crippen molar-refractivity contribution in [3.05, 3.63) is 40.1 Å². The monoisotopic (exact) mass is 250 g/mol. The fourth-order valence-electron chi connectivity index (χ4n) is 2.02. The van der Waals surface area contributed by atoms with Crippen LogP contribution in [0.2, 0.25) is 0 Å². The second-order valence-corrected chi connectivity index (χ2v) is 4.96. The molecule has 0 aliphatic rings. The van der Waals surface area contributed by atoms with Gasteiger partial charge >= 0.3 is 0 Å². The van der Waals surface area contributed by atoms with E-state index >= 15 is 0 Å². The molecule has 4 heteroatoms. The third-order valence-electron chi connectivity index (χ3n) is 2.98. The van der Waals surface area contributed by atoms with Gasteiger partial charge in [-0.1, -0.05) is 6.92 Å². The van der Waals surface area contributed by atoms with E-state index < -0.39 is 6.10 Å². The highest BCUT2D eigenvalue weighted by Gasteiger charge is 2.16. The van der Waals surface area contributed by atoms with Gasteiger partial charge in [-0.05, 0) is 30.4 Å². The number of nitrogens with zero attached hydrogens (tertiary/aromatic N) is 2. The topological polar surface area (TPSA) is 38.1 Å². The first-order valence-corrected chi connectivity index (χ1v) is 6.88. The molecular weight excluding hydrogens is 232 g/mol. The minimum atomic E-state index is -0.433. The van der Waals surface area contributed by atoms with Gasteiger partial charge in [-0.2, -0.15) is 0 Å². The number of rotatable bonds is 5. The second kappa shape index (κ2) is 5.47. The Morgan fingerprint density at radius 1 is 1.47 bits per heavy atom. The lowest BCUT2D eigenvalue weighted by molar-refractivity contribution is 0.177. The molecule has 0 fully saturated rings. The summed E-state index contributed by atoms with van der Waals surface area (Å²) in [6.45, 7) is 5.10. The third kappa shape index (κ3) is 2.58. The van der Waals surface area contributed by atoms with Crippen LogP contribution < -0.4 is 0 Å². The van der Waals surface area contributed by atoms with Crippen LogP contribution in [-0.2, 0) is 19.4 Å². The molecule has 17 heavy (non-hydrogen) atoms. The van der Waals surface area contributed by atoms with Gasteiger partial charge in [0, 0.05) is 30.2 Å². The highest BCUT2D eigenvalue weighted by molar-refractivity contribution is 7.10. The van der Waals surface area contributed by atoms with Crippen molar-refractivity contribution in [3.63, 3.8) is 0 Å². The molecule has 1 atom stereocenters. The molecule has 92 valence electrons. The van der Waals surface area contributed by atoms with Crippen LogP contribution in [0.5, 0.6) is 0 Å². The molecule has 2 aromatic heterocycles. The molecule has 3 nitrogen and oxygen atoms in total. The molecule has 0 saturated heterocycles. The third-order valence-corrected chi connectivity index (χ3v) is 4.04. The molecule has 0 saturated carbocycles. The minimum absolute atomic E-state index is 0.433. The molecule has 0 aliphatic heterocycles. The van der Waals surface area contributed by atoms with Crippen LogP contribution in [0.25, 0.3) is 0 Å². The summed E-state index contributed by atoms with van der Waals surface area (Å²) >= 11 is 1.63. The first-order chi connectivity index (χ1) is 8.26. The molecule has 0 bridgehead atoms. The quantitative estimate of drug-likeness (QED) is 0.886. The number of hydrogen-bond donors (Lipinski definition) is 1. The van der Waals surface area contributed by atoms with Crippen LogP contribution >= 0.6 is 11.3 Å². The molecule has 2 rings (SSSR count). The first-order valence-electron chi connectivity index (χ1n) is 6.00. The summed E-state index contributed by atoms with van der Waals surface area (Å²) in [6, 6.07) is 2.09. The summed E-state index contributed by atoms with van der Waals surface area (Å²) in [5.41, 5.74) is 1.25. The number of aliphatic hydroxyl groups is 1. The van der Waals surface area contributed by atoms with Crippen molar-refractivity contribution in [1.82, 2.24) is 9.55 Å². The van der Waals surface area contributed by atoms with Crippen molar-refractivity contribution >= 4 is 11.3 Å². The second-order valence-electron chi connectivity index (χ2n) is 4.01. The predicted molar refractivity (Wildman–Crippen MR) is 70.3 cm³/mol. The minimum Gasteiger partial charge on any atom is -0.387 e. The molecule has 0 aromatic carbocycles. The Morgan fingerprint density at radius 3 is 3.00 bits per heavy atom. The fraction of sp³-hybridized carbons (Fsp3) is 0.462. The van der Waals surface area contributed by atoms with Crippen LogP contribution in [0.3, 0.4) is 0 Å². The van der Waals surface area contributed by atoms with Gasteiger partial charge < -0.3 is 9.67 Å². The van der Waals surface area contributed by atoms with Crippen molar-refractivity contribution < 1.29 is 5.11 Å². The molecular formula is C13H18N2OS. The Hall–Kier alpha value is -1.13. The predicted octanol–water partition coefficient (Wildman–Crippen LogP) is 2.80. The van der Waals surface area contributed by atoms with Gasteiger partial charge in [-0.15, -0.1) is 11.3 Å². The van der Waals surface area contributed by atoms with E-state index in [4.69, 9.17) is 0 Å². The maximum atomic E-state index is 10.3. The maximum absolute atomic E-state index is 10.3. The summed E-state index contributed by atoms with van der Waals surface area (Å²) in [6.07, 6.45) is 4.88. The number of imidazole rings is 1. The van der Waals surface area contributed by atoms with Gasteiger partial charge in [0.05, 0.1) is 6.10 Å². The number of aliphatic hydroxyl groups excluding tert-OH is 1. The van der Waals surface area contributed by atoms with Crippen molar-refractivity contribution in [3.8, 4) is 0 Å². The molecule has 0 spiro atoms. The Kier molecular flexibility index (Phi) is 3.97.